The molecule has 1 amide bonds. The van der Waals surface area contributed by atoms with Gasteiger partial charge in [-0.3, -0.25) is 4.79 Å². The summed E-state index contributed by atoms with van der Waals surface area (Å²) in [6.07, 6.45) is 2.96. The molecule has 1 heterocycles. The number of furan rings is 1. The second-order valence-electron chi connectivity index (χ2n) is 3.60. The fraction of sp³-hybridized carbons (Fsp3) is 0.500. The fourth-order valence-corrected chi connectivity index (χ4v) is 1.58. The van der Waals surface area contributed by atoms with Gasteiger partial charge in [0.1, 0.15) is 5.76 Å². The fourth-order valence-electron chi connectivity index (χ4n) is 1.44. The summed E-state index contributed by atoms with van der Waals surface area (Å²) >= 11 is 5.56. The highest BCUT2D eigenvalue weighted by molar-refractivity contribution is 6.17. The summed E-state index contributed by atoms with van der Waals surface area (Å²) in [6.45, 7) is 0.841. The van der Waals surface area contributed by atoms with Gasteiger partial charge in [0.25, 0.3) is 0 Å². The lowest BCUT2D eigenvalue weighted by Gasteiger charge is -2.20. The molecule has 0 atom stereocenters. The standard InChI is InChI=1S/C12H15ClN2O2/c13-6-1-5-12(16)15(8-3-7-14)10-11-4-2-9-17-11/h2,4,9H,1,3,5-6,8,10H2. The van der Waals surface area contributed by atoms with Gasteiger partial charge in [-0.05, 0) is 18.6 Å². The van der Waals surface area contributed by atoms with E-state index in [4.69, 9.17) is 21.3 Å². The summed E-state index contributed by atoms with van der Waals surface area (Å²) in [5.74, 6) is 1.21. The predicted octanol–water partition coefficient (Wildman–Crippen LogP) is 2.54. The molecule has 0 aliphatic heterocycles. The maximum Gasteiger partial charge on any atom is 0.223 e. The largest absolute Gasteiger partial charge is 0.467 e. The first-order valence-electron chi connectivity index (χ1n) is 5.51. The second kappa shape index (κ2) is 7.75. The van der Waals surface area contributed by atoms with Crippen LogP contribution in [0.1, 0.15) is 25.0 Å². The Hall–Kier alpha value is -1.47. The Morgan fingerprint density at radius 3 is 3.00 bits per heavy atom. The van der Waals surface area contributed by atoms with Crippen LogP contribution in [0.25, 0.3) is 0 Å². The zero-order chi connectivity index (χ0) is 12.5. The van der Waals surface area contributed by atoms with Gasteiger partial charge in [-0.2, -0.15) is 5.26 Å². The Kier molecular flexibility index (Phi) is 6.19. The molecule has 1 aromatic heterocycles. The van der Waals surface area contributed by atoms with Crippen molar-refractivity contribution in [3.63, 3.8) is 0 Å². The number of hydrogen-bond donors (Lipinski definition) is 0. The van der Waals surface area contributed by atoms with Crippen molar-refractivity contribution < 1.29 is 9.21 Å². The van der Waals surface area contributed by atoms with Crippen molar-refractivity contribution in [3.05, 3.63) is 24.2 Å². The lowest BCUT2D eigenvalue weighted by molar-refractivity contribution is -0.132. The van der Waals surface area contributed by atoms with Crippen molar-refractivity contribution in [1.29, 1.82) is 5.26 Å². The number of carbonyl (C=O) groups excluding carboxylic acids is 1. The van der Waals surface area contributed by atoms with E-state index in [2.05, 4.69) is 0 Å². The quantitative estimate of drug-likeness (QED) is 0.703. The molecule has 0 saturated carbocycles. The van der Waals surface area contributed by atoms with Crippen LogP contribution < -0.4 is 0 Å². The lowest BCUT2D eigenvalue weighted by Crippen LogP contribution is -2.31. The normalized spacial score (nSPS) is 9.88. The molecule has 0 N–H and O–H groups in total. The van der Waals surface area contributed by atoms with Crippen LogP contribution in [0.4, 0.5) is 0 Å². The molecular weight excluding hydrogens is 240 g/mol. The number of amides is 1. The Labute approximate surface area is 106 Å². The molecule has 0 saturated heterocycles. The summed E-state index contributed by atoms with van der Waals surface area (Å²) in [5.41, 5.74) is 0. The van der Waals surface area contributed by atoms with Gasteiger partial charge in [-0.25, -0.2) is 0 Å². The van der Waals surface area contributed by atoms with Crippen LogP contribution >= 0.6 is 11.6 Å². The van der Waals surface area contributed by atoms with Gasteiger partial charge in [-0.1, -0.05) is 0 Å². The molecule has 5 heteroatoms. The van der Waals surface area contributed by atoms with Crippen LogP contribution in [0.3, 0.4) is 0 Å². The Morgan fingerprint density at radius 2 is 2.41 bits per heavy atom. The average Bonchev–Trinajstić information content (AvgIpc) is 2.84. The van der Waals surface area contributed by atoms with Crippen LogP contribution in [-0.2, 0) is 11.3 Å². The van der Waals surface area contributed by atoms with Crippen LogP contribution in [0, 0.1) is 11.3 Å². The molecule has 0 unspecified atom stereocenters. The Bertz CT molecular complexity index is 370. The van der Waals surface area contributed by atoms with E-state index >= 15 is 0 Å². The third-order valence-corrected chi connectivity index (χ3v) is 2.56. The molecule has 17 heavy (non-hydrogen) atoms. The first-order valence-corrected chi connectivity index (χ1v) is 6.04. The highest BCUT2D eigenvalue weighted by Crippen LogP contribution is 2.08. The van der Waals surface area contributed by atoms with Gasteiger partial charge in [0.05, 0.1) is 25.3 Å². The minimum Gasteiger partial charge on any atom is -0.467 e. The SMILES string of the molecule is N#CCCN(Cc1ccco1)C(=O)CCCCl. The van der Waals surface area contributed by atoms with Gasteiger partial charge in [0, 0.05) is 18.8 Å². The van der Waals surface area contributed by atoms with Crippen molar-refractivity contribution in [1.82, 2.24) is 4.90 Å². The summed E-state index contributed by atoms with van der Waals surface area (Å²) in [6, 6.07) is 5.63. The maximum atomic E-state index is 11.9. The smallest absolute Gasteiger partial charge is 0.223 e. The molecule has 0 bridgehead atoms. The first-order chi connectivity index (χ1) is 8.27. The second-order valence-corrected chi connectivity index (χ2v) is 3.97. The van der Waals surface area contributed by atoms with Gasteiger partial charge in [0.2, 0.25) is 5.91 Å². The summed E-state index contributed by atoms with van der Waals surface area (Å²) in [4.78, 5) is 13.5. The lowest BCUT2D eigenvalue weighted by atomic mass is 10.2. The van der Waals surface area contributed by atoms with Crippen LogP contribution in [0.5, 0.6) is 0 Å². The molecule has 0 fully saturated rings. The number of hydrogen-bond acceptors (Lipinski definition) is 3. The van der Waals surface area contributed by atoms with E-state index in [1.807, 2.05) is 12.1 Å². The molecule has 0 radical (unpaired) electrons. The molecule has 0 aliphatic carbocycles. The van der Waals surface area contributed by atoms with Crippen LogP contribution in [0.2, 0.25) is 0 Å². The molecule has 92 valence electrons. The van der Waals surface area contributed by atoms with Crippen molar-refractivity contribution >= 4 is 17.5 Å². The van der Waals surface area contributed by atoms with Gasteiger partial charge >= 0.3 is 0 Å². The Morgan fingerprint density at radius 1 is 1.59 bits per heavy atom. The molecule has 0 spiro atoms. The van der Waals surface area contributed by atoms with E-state index in [1.54, 1.807) is 17.2 Å². The minimum atomic E-state index is 0.0114. The summed E-state index contributed by atoms with van der Waals surface area (Å²) in [7, 11) is 0. The van der Waals surface area contributed by atoms with E-state index in [1.165, 1.54) is 0 Å². The molecule has 4 nitrogen and oxygen atoms in total. The third kappa shape index (κ3) is 4.92. The van der Waals surface area contributed by atoms with E-state index in [-0.39, 0.29) is 5.91 Å². The summed E-state index contributed by atoms with van der Waals surface area (Å²) in [5, 5.41) is 8.57. The van der Waals surface area contributed by atoms with Crippen molar-refractivity contribution in [3.8, 4) is 6.07 Å². The zero-order valence-corrected chi connectivity index (χ0v) is 10.3. The number of nitriles is 1. The van der Waals surface area contributed by atoms with Crippen molar-refractivity contribution in [2.45, 2.75) is 25.8 Å². The van der Waals surface area contributed by atoms with E-state index in [0.29, 0.717) is 38.2 Å². The highest BCUT2D eigenvalue weighted by atomic mass is 35.5. The van der Waals surface area contributed by atoms with E-state index in [9.17, 15) is 4.79 Å². The van der Waals surface area contributed by atoms with Crippen molar-refractivity contribution in [2.24, 2.45) is 0 Å². The highest BCUT2D eigenvalue weighted by Gasteiger charge is 2.14. The number of rotatable bonds is 7. The minimum absolute atomic E-state index is 0.0114. The van der Waals surface area contributed by atoms with Crippen LogP contribution in [-0.4, -0.2) is 23.2 Å². The molecular formula is C12H15ClN2O2. The zero-order valence-electron chi connectivity index (χ0n) is 9.56. The first kappa shape index (κ1) is 13.6. The monoisotopic (exact) mass is 254 g/mol. The molecule has 1 aromatic rings. The summed E-state index contributed by atoms with van der Waals surface area (Å²) < 4.78 is 5.20. The maximum absolute atomic E-state index is 11.9. The molecule has 0 aromatic carbocycles. The third-order valence-electron chi connectivity index (χ3n) is 2.30. The van der Waals surface area contributed by atoms with E-state index < -0.39 is 0 Å². The van der Waals surface area contributed by atoms with Crippen molar-refractivity contribution in [2.75, 3.05) is 12.4 Å². The molecule has 0 aliphatic rings. The number of nitrogens with zero attached hydrogens (tertiary/aromatic N) is 2. The molecule has 1 rings (SSSR count). The predicted molar refractivity (Wildman–Crippen MR) is 64.3 cm³/mol. The van der Waals surface area contributed by atoms with Gasteiger partial charge < -0.3 is 9.32 Å². The van der Waals surface area contributed by atoms with Crippen LogP contribution in [0.15, 0.2) is 22.8 Å². The Balaban J connectivity index is 2.53. The number of halogens is 1. The number of carbonyl (C=O) groups is 1. The average molecular weight is 255 g/mol. The van der Waals surface area contributed by atoms with Gasteiger partial charge in [0.15, 0.2) is 0 Å². The van der Waals surface area contributed by atoms with E-state index in [0.717, 1.165) is 5.76 Å². The van der Waals surface area contributed by atoms with Gasteiger partial charge in [-0.15, -0.1) is 11.6 Å². The topological polar surface area (TPSA) is 57.2 Å². The number of alkyl halides is 1.